The summed E-state index contributed by atoms with van der Waals surface area (Å²) in [6.45, 7) is 12.2. The molecule has 0 bridgehead atoms. The van der Waals surface area contributed by atoms with E-state index in [0.29, 0.717) is 105 Å². The maximum absolute atomic E-state index is 13.2. The molecule has 0 aromatic carbocycles. The zero-order valence-corrected chi connectivity index (χ0v) is 33.7. The fourth-order valence-electron chi connectivity index (χ4n) is 4.86. The molecule has 6 N–H and O–H groups in total. The Morgan fingerprint density at radius 1 is 0.679 bits per heavy atom. The van der Waals surface area contributed by atoms with Gasteiger partial charge in [-0.2, -0.15) is 0 Å². The van der Waals surface area contributed by atoms with Gasteiger partial charge in [0.2, 0.25) is 11.8 Å². The smallest absolute Gasteiger partial charge is 0.317 e. The first-order chi connectivity index (χ1) is 24.9. The fraction of sp³-hybridized carbons (Fsp3) is 0.781. The van der Waals surface area contributed by atoms with Crippen LogP contribution in [0.4, 0.5) is 0 Å². The predicted octanol–water partition coefficient (Wildman–Crippen LogP) is -2.54. The molecule has 0 aromatic heterocycles. The van der Waals surface area contributed by atoms with Gasteiger partial charge in [0.15, 0.2) is 0 Å². The summed E-state index contributed by atoms with van der Waals surface area (Å²) in [5.74, 6) is -4.07. The van der Waals surface area contributed by atoms with Crippen LogP contribution in [-0.4, -0.2) is 220 Å². The average Bonchev–Trinajstić information content (AvgIpc) is 3.08. The summed E-state index contributed by atoms with van der Waals surface area (Å²) in [5.41, 5.74) is 0. The van der Waals surface area contributed by atoms with Crippen molar-refractivity contribution in [3.05, 3.63) is 6.92 Å². The number of aliphatic carboxylic acids is 3. The normalized spacial score (nSPS) is 15.7. The third-order valence-electron chi connectivity index (χ3n) is 7.57. The van der Waals surface area contributed by atoms with Crippen molar-refractivity contribution in [2.75, 3.05) is 138 Å². The number of carbonyl (C=O) groups excluding carboxylic acids is 2. The van der Waals surface area contributed by atoms with Crippen molar-refractivity contribution in [2.45, 2.75) is 25.8 Å². The number of rotatable bonds is 25. The number of hydrogen-bond donors (Lipinski definition) is 6. The van der Waals surface area contributed by atoms with Crippen LogP contribution in [0.2, 0.25) is 0 Å². The first kappa shape index (κ1) is 52.7. The Morgan fingerprint density at radius 3 is 1.47 bits per heavy atom. The largest absolute Gasteiger partial charge is 0.483 e. The standard InChI is InChI=1S/C31H57N6O12.CH2O2.Y/c1-3-34-8-10-35(12-13-37(25-30(43)44)15-14-36(11-9-34)24-29(41)42)23-27(38)33-26(5-6-28(39)40)31(45)32-7-16-47-19-20-49-22-21-48-18-17-46-4-2;2-1-3;/h26H,2-25H2,1H3,(H,32,45)(H,33,38)(H,39,40)(H,41,42)(H,43,44);1H,(H,2,3);/q-1;;. The maximum atomic E-state index is 13.2. The number of likely N-dealkylation sites (N-methyl/N-ethyl adjacent to an activating group) is 1. The minimum atomic E-state index is -1.10. The molecule has 1 rings (SSSR count). The Balaban J connectivity index is 0. The Hall–Kier alpha value is -2.40. The maximum Gasteiger partial charge on any atom is 0.317 e. The molecule has 20 nitrogen and oxygen atoms in total. The third-order valence-corrected chi connectivity index (χ3v) is 7.57. The molecule has 305 valence electrons. The molecule has 1 heterocycles. The second-order valence-electron chi connectivity index (χ2n) is 11.4. The van der Waals surface area contributed by atoms with E-state index in [0.717, 1.165) is 0 Å². The summed E-state index contributed by atoms with van der Waals surface area (Å²) in [4.78, 5) is 76.1. The quantitative estimate of drug-likeness (QED) is 0.0315. The van der Waals surface area contributed by atoms with E-state index in [1.807, 2.05) is 11.8 Å². The summed E-state index contributed by atoms with van der Waals surface area (Å²) in [5, 5.41) is 40.2. The molecular formula is C32H59N6O14Y-. The van der Waals surface area contributed by atoms with E-state index in [4.69, 9.17) is 28.8 Å². The van der Waals surface area contributed by atoms with Gasteiger partial charge in [0.05, 0.1) is 65.9 Å². The molecule has 0 aliphatic carbocycles. The minimum Gasteiger partial charge on any atom is -0.483 e. The number of carbonyl (C=O) groups is 6. The van der Waals surface area contributed by atoms with Crippen LogP contribution >= 0.6 is 0 Å². The zero-order chi connectivity index (χ0) is 39.0. The molecule has 1 aliphatic rings. The van der Waals surface area contributed by atoms with Crippen LogP contribution in [0.25, 0.3) is 0 Å². The number of carboxylic acids is 3. The SMILES string of the molecule is O=CO.[CH2-]COCCOCCOCCOCCNC(=O)C(CCC(=O)O)NC(=O)CN1CCN(CC)CCN(CC(=O)O)CCN(CC(=O)O)CC1.[Y]. The molecule has 1 aliphatic heterocycles. The van der Waals surface area contributed by atoms with Gasteiger partial charge in [0.25, 0.3) is 6.47 Å². The molecule has 2 amide bonds. The molecule has 53 heavy (non-hydrogen) atoms. The number of nitrogens with one attached hydrogen (secondary N) is 2. The first-order valence-corrected chi connectivity index (χ1v) is 17.2. The van der Waals surface area contributed by atoms with Gasteiger partial charge in [0.1, 0.15) is 6.04 Å². The van der Waals surface area contributed by atoms with Crippen LogP contribution in [0.3, 0.4) is 0 Å². The molecule has 1 saturated heterocycles. The van der Waals surface area contributed by atoms with Gasteiger partial charge in [-0.15, -0.1) is 0 Å². The van der Waals surface area contributed by atoms with Crippen LogP contribution < -0.4 is 10.6 Å². The fourth-order valence-corrected chi connectivity index (χ4v) is 4.86. The molecule has 1 unspecified atom stereocenters. The van der Waals surface area contributed by atoms with E-state index in [9.17, 15) is 39.3 Å². The van der Waals surface area contributed by atoms with Crippen molar-refractivity contribution in [1.82, 2.24) is 30.2 Å². The van der Waals surface area contributed by atoms with Gasteiger partial charge in [-0.1, -0.05) is 13.5 Å². The summed E-state index contributed by atoms with van der Waals surface area (Å²) < 4.78 is 21.3. The van der Waals surface area contributed by atoms with Crippen LogP contribution in [0.1, 0.15) is 19.8 Å². The van der Waals surface area contributed by atoms with E-state index < -0.39 is 35.8 Å². The number of amides is 2. The molecule has 21 heteroatoms. The molecule has 0 saturated carbocycles. The van der Waals surface area contributed by atoms with E-state index in [1.165, 1.54) is 0 Å². The molecule has 0 aromatic rings. The predicted molar refractivity (Wildman–Crippen MR) is 186 cm³/mol. The van der Waals surface area contributed by atoms with Gasteiger partial charge < -0.3 is 61.8 Å². The average molecular weight is 841 g/mol. The Morgan fingerprint density at radius 2 is 1.08 bits per heavy atom. The third kappa shape index (κ3) is 31.6. The van der Waals surface area contributed by atoms with Gasteiger partial charge in [-0.25, -0.2) is 0 Å². The first-order valence-electron chi connectivity index (χ1n) is 17.2. The Bertz CT molecular complexity index is 1020. The van der Waals surface area contributed by atoms with Crippen molar-refractivity contribution in [1.29, 1.82) is 0 Å². The molecule has 0 spiro atoms. The molecule has 1 fully saturated rings. The number of carboxylic acid groups (broad SMARTS) is 4. The molecule has 1 atom stereocenters. The molecule has 1 radical (unpaired) electrons. The van der Waals surface area contributed by atoms with Crippen LogP contribution in [0.5, 0.6) is 0 Å². The Kier molecular flexibility index (Phi) is 35.1. The van der Waals surface area contributed by atoms with Gasteiger partial charge >= 0.3 is 17.9 Å². The second-order valence-corrected chi connectivity index (χ2v) is 11.4. The van der Waals surface area contributed by atoms with Crippen molar-refractivity contribution in [2.24, 2.45) is 0 Å². The van der Waals surface area contributed by atoms with Crippen molar-refractivity contribution >= 4 is 36.2 Å². The summed E-state index contributed by atoms with van der Waals surface area (Å²) in [6, 6.07) is -1.07. The number of hydrogen-bond acceptors (Lipinski definition) is 14. The van der Waals surface area contributed by atoms with Gasteiger partial charge in [0, 0.05) is 98.0 Å². The van der Waals surface area contributed by atoms with Crippen LogP contribution in [0, 0.1) is 6.92 Å². The van der Waals surface area contributed by atoms with Crippen LogP contribution in [0.15, 0.2) is 0 Å². The van der Waals surface area contributed by atoms with Gasteiger partial charge in [-0.05, 0) is 13.0 Å². The van der Waals surface area contributed by atoms with Crippen LogP contribution in [-0.2, 0) is 80.4 Å². The van der Waals surface area contributed by atoms with E-state index in [2.05, 4.69) is 22.5 Å². The summed E-state index contributed by atoms with van der Waals surface area (Å²) in [6.07, 6.45) is -0.426. The zero-order valence-electron chi connectivity index (χ0n) is 30.9. The van der Waals surface area contributed by atoms with Crippen molar-refractivity contribution in [3.63, 3.8) is 0 Å². The van der Waals surface area contributed by atoms with E-state index in [-0.39, 0.29) is 84.8 Å². The Labute approximate surface area is 336 Å². The molecular weight excluding hydrogens is 781 g/mol. The van der Waals surface area contributed by atoms with Crippen molar-refractivity contribution < 1.29 is 101 Å². The topological polar surface area (TPSA) is 257 Å². The van der Waals surface area contributed by atoms with Gasteiger partial charge in [-0.3, -0.25) is 43.5 Å². The summed E-state index contributed by atoms with van der Waals surface area (Å²) >= 11 is 0. The number of nitrogens with zero attached hydrogens (tertiary/aromatic N) is 4. The summed E-state index contributed by atoms with van der Waals surface area (Å²) in [7, 11) is 0. The van der Waals surface area contributed by atoms with E-state index in [1.54, 1.807) is 9.80 Å². The second kappa shape index (κ2) is 35.3. The number of ether oxygens (including phenoxy) is 4. The minimum absolute atomic E-state index is 0. The van der Waals surface area contributed by atoms with E-state index >= 15 is 0 Å². The van der Waals surface area contributed by atoms with Crippen molar-refractivity contribution in [3.8, 4) is 0 Å². The monoisotopic (exact) mass is 840 g/mol.